The lowest BCUT2D eigenvalue weighted by Gasteiger charge is -2.21. The summed E-state index contributed by atoms with van der Waals surface area (Å²) in [5.74, 6) is 3.14. The van der Waals surface area contributed by atoms with Crippen LogP contribution < -0.4 is 9.47 Å². The van der Waals surface area contributed by atoms with E-state index in [4.69, 9.17) is 9.47 Å². The minimum Gasteiger partial charge on any atom is -0.493 e. The molecule has 0 saturated carbocycles. The Kier molecular flexibility index (Phi) is 17.1. The Bertz CT molecular complexity index is 3040. The predicted octanol–water partition coefficient (Wildman–Crippen LogP) is 19.5. The van der Waals surface area contributed by atoms with Crippen LogP contribution in [0, 0.1) is 11.8 Å². The number of hydrogen-bond donors (Lipinski definition) is 0. The summed E-state index contributed by atoms with van der Waals surface area (Å²) >= 11 is 0. The van der Waals surface area contributed by atoms with Crippen molar-refractivity contribution in [3.8, 4) is 33.8 Å². The molecule has 72 heavy (non-hydrogen) atoms. The number of rotatable bonds is 23. The molecule has 2 nitrogen and oxygen atoms in total. The van der Waals surface area contributed by atoms with Crippen molar-refractivity contribution in [1.82, 2.24) is 0 Å². The minimum atomic E-state index is 0.251. The lowest BCUT2D eigenvalue weighted by Crippen LogP contribution is -2.11. The second-order valence-electron chi connectivity index (χ2n) is 19.8. The van der Waals surface area contributed by atoms with E-state index in [0.717, 1.165) is 49.5 Å². The Balaban J connectivity index is 1.19. The van der Waals surface area contributed by atoms with Gasteiger partial charge in [0.05, 0.1) is 13.2 Å². The van der Waals surface area contributed by atoms with Crippen molar-refractivity contribution in [1.29, 1.82) is 0 Å². The molecule has 2 atom stereocenters. The first kappa shape index (κ1) is 49.8. The van der Waals surface area contributed by atoms with Crippen LogP contribution in [-0.2, 0) is 6.42 Å². The van der Waals surface area contributed by atoms with Gasteiger partial charge >= 0.3 is 0 Å². The molecule has 2 heteroatoms. The molecule has 0 aliphatic carbocycles. The number of hydrogen-bond acceptors (Lipinski definition) is 2. The van der Waals surface area contributed by atoms with Gasteiger partial charge in [-0.15, -0.1) is 0 Å². The van der Waals surface area contributed by atoms with Gasteiger partial charge in [-0.1, -0.05) is 248 Å². The summed E-state index contributed by atoms with van der Waals surface area (Å²) in [6, 6.07) is 75.6. The van der Waals surface area contributed by atoms with Gasteiger partial charge in [0.1, 0.15) is 11.5 Å². The molecule has 2 unspecified atom stereocenters. The van der Waals surface area contributed by atoms with E-state index in [1.807, 2.05) is 0 Å². The van der Waals surface area contributed by atoms with Gasteiger partial charge in [-0.25, -0.2) is 0 Å². The van der Waals surface area contributed by atoms with E-state index in [-0.39, 0.29) is 5.92 Å². The first-order valence-corrected chi connectivity index (χ1v) is 26.9. The summed E-state index contributed by atoms with van der Waals surface area (Å²) in [7, 11) is 0. The summed E-state index contributed by atoms with van der Waals surface area (Å²) < 4.78 is 13.5. The van der Waals surface area contributed by atoms with E-state index >= 15 is 0 Å². The van der Waals surface area contributed by atoms with E-state index in [9.17, 15) is 0 Å². The monoisotopic (exact) mass is 945 g/mol. The highest BCUT2D eigenvalue weighted by atomic mass is 16.5. The van der Waals surface area contributed by atoms with Gasteiger partial charge in [-0.2, -0.15) is 0 Å². The van der Waals surface area contributed by atoms with Gasteiger partial charge in [-0.3, -0.25) is 0 Å². The Morgan fingerprint density at radius 1 is 0.431 bits per heavy atom. The molecule has 0 heterocycles. The summed E-state index contributed by atoms with van der Waals surface area (Å²) in [6.07, 6.45) is 12.7. The lowest BCUT2D eigenvalue weighted by atomic mass is 9.84. The molecular formula is C70H72O2. The van der Waals surface area contributed by atoms with Gasteiger partial charge in [0.15, 0.2) is 0 Å². The minimum absolute atomic E-state index is 0.251. The standard InChI is InChI=1S/C70H72O2/c1-5-9-23-51(7-3)49-71-61-41-43-63-67(47-61)69(59-37-33-53(34-38-59)45-65(55-25-15-11-16-26-55)56-27-17-12-18-28-56)64-44-42-62(72-50-52(8-4)24-10-6-2)48-68(64)70(63)60-39-35-54(36-40-60)46-66(57-29-19-13-20-30-57)58-31-21-14-22-32-58/h11-22,25-45,47-48,51-52,66H,5-10,23-24,46,49-50H2,1-4H3. The fourth-order valence-corrected chi connectivity index (χ4v) is 10.5. The quantitative estimate of drug-likeness (QED) is 0.0470. The van der Waals surface area contributed by atoms with E-state index < -0.39 is 0 Å². The number of unbranched alkanes of at least 4 members (excludes halogenated alkanes) is 2. The molecule has 0 fully saturated rings. The molecule has 0 bridgehead atoms. The predicted molar refractivity (Wildman–Crippen MR) is 308 cm³/mol. The van der Waals surface area contributed by atoms with E-state index in [1.165, 1.54) is 116 Å². The molecule has 0 N–H and O–H groups in total. The molecule has 0 aliphatic heterocycles. The number of ether oxygens (including phenoxy) is 2. The zero-order chi connectivity index (χ0) is 49.5. The maximum Gasteiger partial charge on any atom is 0.119 e. The maximum absolute atomic E-state index is 6.77. The molecule has 0 radical (unpaired) electrons. The smallest absolute Gasteiger partial charge is 0.119 e. The summed E-state index contributed by atoms with van der Waals surface area (Å²) in [5, 5.41) is 4.78. The third-order valence-electron chi connectivity index (χ3n) is 14.9. The van der Waals surface area contributed by atoms with Gasteiger partial charge < -0.3 is 9.47 Å². The van der Waals surface area contributed by atoms with E-state index in [2.05, 4.69) is 240 Å². The second-order valence-corrected chi connectivity index (χ2v) is 19.8. The first-order valence-electron chi connectivity index (χ1n) is 26.9. The van der Waals surface area contributed by atoms with Crippen molar-refractivity contribution in [2.24, 2.45) is 11.8 Å². The second kappa shape index (κ2) is 24.8. The normalized spacial score (nSPS) is 12.2. The van der Waals surface area contributed by atoms with Crippen LogP contribution in [0.4, 0.5) is 0 Å². The third kappa shape index (κ3) is 12.1. The summed E-state index contributed by atoms with van der Waals surface area (Å²) in [6.45, 7) is 10.6. The van der Waals surface area contributed by atoms with Crippen molar-refractivity contribution in [3.05, 3.63) is 240 Å². The Morgan fingerprint density at radius 2 is 0.847 bits per heavy atom. The average Bonchev–Trinajstić information content (AvgIpc) is 3.44. The molecule has 0 aliphatic rings. The van der Waals surface area contributed by atoms with Gasteiger partial charge in [0, 0.05) is 5.92 Å². The molecule has 0 amide bonds. The van der Waals surface area contributed by atoms with Crippen molar-refractivity contribution >= 4 is 33.2 Å². The third-order valence-corrected chi connectivity index (χ3v) is 14.9. The number of fused-ring (bicyclic) bond motifs is 2. The molecule has 0 spiro atoms. The Labute approximate surface area is 430 Å². The first-order chi connectivity index (χ1) is 35.5. The summed E-state index contributed by atoms with van der Waals surface area (Å²) in [5.41, 5.74) is 13.5. The molecule has 0 aromatic heterocycles. The Morgan fingerprint density at radius 3 is 1.26 bits per heavy atom. The Hall–Kier alpha value is -7.16. The van der Waals surface area contributed by atoms with Crippen molar-refractivity contribution in [2.45, 2.75) is 91.4 Å². The van der Waals surface area contributed by atoms with Crippen LogP contribution in [0.3, 0.4) is 0 Å². The molecule has 0 saturated heterocycles. The summed E-state index contributed by atoms with van der Waals surface area (Å²) in [4.78, 5) is 0. The fourth-order valence-electron chi connectivity index (χ4n) is 10.5. The van der Waals surface area contributed by atoms with Crippen LogP contribution in [0.2, 0.25) is 0 Å². The van der Waals surface area contributed by atoms with Gasteiger partial charge in [-0.05, 0) is 144 Å². The molecule has 364 valence electrons. The molecular weight excluding hydrogens is 873 g/mol. The number of benzene rings is 9. The van der Waals surface area contributed by atoms with E-state index in [1.54, 1.807) is 0 Å². The average molecular weight is 945 g/mol. The zero-order valence-corrected chi connectivity index (χ0v) is 43.0. The van der Waals surface area contributed by atoms with Crippen molar-refractivity contribution in [2.75, 3.05) is 13.2 Å². The molecule has 9 aromatic rings. The topological polar surface area (TPSA) is 18.5 Å². The fraction of sp³-hybridized carbons (Fsp3) is 0.257. The van der Waals surface area contributed by atoms with Crippen LogP contribution >= 0.6 is 0 Å². The van der Waals surface area contributed by atoms with Crippen LogP contribution in [0.25, 0.3) is 55.4 Å². The highest BCUT2D eigenvalue weighted by Crippen LogP contribution is 2.46. The van der Waals surface area contributed by atoms with Gasteiger partial charge in [0.2, 0.25) is 0 Å². The molecule has 9 aromatic carbocycles. The SMILES string of the molecule is CCCCC(CC)COc1ccc2c(-c3ccc(CC(c4ccccc4)c4ccccc4)cc3)c3cc(OCC(CC)CCCC)ccc3c(-c3ccc(C=C(c4ccccc4)c4ccccc4)cc3)c2c1. The van der Waals surface area contributed by atoms with Crippen molar-refractivity contribution in [3.63, 3.8) is 0 Å². The van der Waals surface area contributed by atoms with Crippen molar-refractivity contribution < 1.29 is 9.47 Å². The highest BCUT2D eigenvalue weighted by molar-refractivity contribution is 6.22. The van der Waals surface area contributed by atoms with Gasteiger partial charge in [0.25, 0.3) is 0 Å². The highest BCUT2D eigenvalue weighted by Gasteiger charge is 2.21. The van der Waals surface area contributed by atoms with Crippen LogP contribution in [0.15, 0.2) is 206 Å². The van der Waals surface area contributed by atoms with E-state index in [0.29, 0.717) is 11.8 Å². The maximum atomic E-state index is 6.77. The van der Waals surface area contributed by atoms with Crippen LogP contribution in [0.1, 0.15) is 118 Å². The van der Waals surface area contributed by atoms with Crippen LogP contribution in [-0.4, -0.2) is 13.2 Å². The largest absolute Gasteiger partial charge is 0.493 e. The zero-order valence-electron chi connectivity index (χ0n) is 43.0. The lowest BCUT2D eigenvalue weighted by molar-refractivity contribution is 0.233. The van der Waals surface area contributed by atoms with Crippen LogP contribution in [0.5, 0.6) is 11.5 Å². The molecule has 9 rings (SSSR count).